The smallest absolute Gasteiger partial charge is 0.236 e. The molecule has 0 bridgehead atoms. The lowest BCUT2D eigenvalue weighted by molar-refractivity contribution is -0.129. The number of carbonyl (C=O) groups excluding carboxylic acids is 1. The third-order valence-electron chi connectivity index (χ3n) is 3.44. The third kappa shape index (κ3) is 6.67. The maximum absolute atomic E-state index is 11.7. The Bertz CT molecular complexity index is 206. The zero-order chi connectivity index (χ0) is 12.3. The van der Waals surface area contributed by atoms with Crippen molar-refractivity contribution >= 4 is 5.91 Å². The fourth-order valence-electron chi connectivity index (χ4n) is 2.32. The Morgan fingerprint density at radius 1 is 1.12 bits per heavy atom. The highest BCUT2D eigenvalue weighted by molar-refractivity contribution is 5.78. The van der Waals surface area contributed by atoms with Gasteiger partial charge in [-0.2, -0.15) is 0 Å². The van der Waals surface area contributed by atoms with Crippen LogP contribution in [0.4, 0.5) is 0 Å². The van der Waals surface area contributed by atoms with Crippen LogP contribution in [0.5, 0.6) is 0 Å². The summed E-state index contributed by atoms with van der Waals surface area (Å²) in [7, 11) is 0. The lowest BCUT2D eigenvalue weighted by atomic mass is 10.1. The summed E-state index contributed by atoms with van der Waals surface area (Å²) in [6.45, 7) is 5.69. The number of carbonyl (C=O) groups is 1. The molecule has 0 aromatic carbocycles. The van der Waals surface area contributed by atoms with E-state index in [1.54, 1.807) is 0 Å². The van der Waals surface area contributed by atoms with Crippen LogP contribution in [0.3, 0.4) is 0 Å². The Balaban J connectivity index is 1.99. The molecular formula is C14H28N2O. The van der Waals surface area contributed by atoms with Gasteiger partial charge in [0.25, 0.3) is 0 Å². The van der Waals surface area contributed by atoms with E-state index in [2.05, 4.69) is 12.2 Å². The number of hydrogen-bond donors (Lipinski definition) is 1. The van der Waals surface area contributed by atoms with Crippen LogP contribution in [0.2, 0.25) is 0 Å². The molecule has 1 amide bonds. The standard InChI is InChI=1S/C14H28N2O/c1-2-3-4-5-6-7-8-11-16-12-9-10-15-13-14(16)17/h15H,2-13H2,1H3. The number of amides is 1. The van der Waals surface area contributed by atoms with Crippen LogP contribution in [0.25, 0.3) is 0 Å². The Morgan fingerprint density at radius 2 is 1.82 bits per heavy atom. The number of nitrogens with zero attached hydrogens (tertiary/aromatic N) is 1. The summed E-state index contributed by atoms with van der Waals surface area (Å²) < 4.78 is 0. The number of hydrogen-bond acceptors (Lipinski definition) is 2. The molecule has 0 aliphatic carbocycles. The van der Waals surface area contributed by atoms with Gasteiger partial charge in [-0.15, -0.1) is 0 Å². The van der Waals surface area contributed by atoms with E-state index in [1.165, 1.54) is 44.9 Å². The highest BCUT2D eigenvalue weighted by Gasteiger charge is 2.14. The zero-order valence-electron chi connectivity index (χ0n) is 11.3. The molecule has 1 aliphatic rings. The molecule has 1 saturated heterocycles. The van der Waals surface area contributed by atoms with Crippen LogP contribution < -0.4 is 5.32 Å². The molecule has 3 nitrogen and oxygen atoms in total. The Labute approximate surface area is 106 Å². The van der Waals surface area contributed by atoms with Gasteiger partial charge in [0.15, 0.2) is 0 Å². The summed E-state index contributed by atoms with van der Waals surface area (Å²) in [5, 5.41) is 3.16. The monoisotopic (exact) mass is 240 g/mol. The topological polar surface area (TPSA) is 32.3 Å². The van der Waals surface area contributed by atoms with Crippen LogP contribution in [0, 0.1) is 0 Å². The average molecular weight is 240 g/mol. The molecule has 1 fully saturated rings. The molecule has 1 heterocycles. The molecule has 0 aromatic rings. The van der Waals surface area contributed by atoms with Crippen LogP contribution in [-0.4, -0.2) is 37.0 Å². The van der Waals surface area contributed by atoms with Gasteiger partial charge < -0.3 is 10.2 Å². The van der Waals surface area contributed by atoms with Crippen molar-refractivity contribution in [1.29, 1.82) is 0 Å². The van der Waals surface area contributed by atoms with E-state index in [0.29, 0.717) is 6.54 Å². The molecule has 100 valence electrons. The number of rotatable bonds is 8. The highest BCUT2D eigenvalue weighted by atomic mass is 16.2. The molecule has 0 saturated carbocycles. The van der Waals surface area contributed by atoms with Crippen molar-refractivity contribution in [1.82, 2.24) is 10.2 Å². The summed E-state index contributed by atoms with van der Waals surface area (Å²) in [6.07, 6.45) is 10.3. The molecule has 1 aliphatic heterocycles. The number of nitrogens with one attached hydrogen (secondary N) is 1. The Morgan fingerprint density at radius 3 is 2.59 bits per heavy atom. The summed E-state index contributed by atoms with van der Waals surface area (Å²) >= 11 is 0. The molecule has 1 rings (SSSR count). The number of unbranched alkanes of at least 4 members (excludes halogenated alkanes) is 6. The first-order valence-corrected chi connectivity index (χ1v) is 7.33. The fraction of sp³-hybridized carbons (Fsp3) is 0.929. The third-order valence-corrected chi connectivity index (χ3v) is 3.44. The summed E-state index contributed by atoms with van der Waals surface area (Å²) in [5.41, 5.74) is 0. The lowest BCUT2D eigenvalue weighted by Crippen LogP contribution is -2.35. The van der Waals surface area contributed by atoms with Crippen molar-refractivity contribution in [3.63, 3.8) is 0 Å². The van der Waals surface area contributed by atoms with Gasteiger partial charge in [0, 0.05) is 13.1 Å². The predicted octanol–water partition coefficient (Wildman–Crippen LogP) is 2.56. The molecule has 3 heteroatoms. The molecule has 0 spiro atoms. The van der Waals surface area contributed by atoms with Gasteiger partial charge in [0.2, 0.25) is 5.91 Å². The van der Waals surface area contributed by atoms with Crippen molar-refractivity contribution in [2.24, 2.45) is 0 Å². The van der Waals surface area contributed by atoms with Crippen LogP contribution in [0.1, 0.15) is 58.3 Å². The summed E-state index contributed by atoms with van der Waals surface area (Å²) in [6, 6.07) is 0. The molecule has 0 aromatic heterocycles. The first-order chi connectivity index (χ1) is 8.34. The van der Waals surface area contributed by atoms with Crippen LogP contribution in [0.15, 0.2) is 0 Å². The van der Waals surface area contributed by atoms with Crippen LogP contribution >= 0.6 is 0 Å². The van der Waals surface area contributed by atoms with E-state index in [0.717, 1.165) is 26.1 Å². The van der Waals surface area contributed by atoms with E-state index in [1.807, 2.05) is 4.90 Å². The van der Waals surface area contributed by atoms with Crippen molar-refractivity contribution in [3.05, 3.63) is 0 Å². The van der Waals surface area contributed by atoms with Gasteiger partial charge in [-0.3, -0.25) is 4.79 Å². The van der Waals surface area contributed by atoms with Crippen molar-refractivity contribution in [2.75, 3.05) is 26.2 Å². The van der Waals surface area contributed by atoms with Gasteiger partial charge >= 0.3 is 0 Å². The van der Waals surface area contributed by atoms with E-state index >= 15 is 0 Å². The molecular weight excluding hydrogens is 212 g/mol. The van der Waals surface area contributed by atoms with E-state index < -0.39 is 0 Å². The van der Waals surface area contributed by atoms with Crippen molar-refractivity contribution in [3.8, 4) is 0 Å². The van der Waals surface area contributed by atoms with Gasteiger partial charge in [0.05, 0.1) is 6.54 Å². The minimum Gasteiger partial charge on any atom is -0.342 e. The van der Waals surface area contributed by atoms with E-state index in [9.17, 15) is 4.79 Å². The lowest BCUT2D eigenvalue weighted by Gasteiger charge is -2.19. The predicted molar refractivity (Wildman–Crippen MR) is 72.1 cm³/mol. The quantitative estimate of drug-likeness (QED) is 0.661. The largest absolute Gasteiger partial charge is 0.342 e. The second-order valence-corrected chi connectivity index (χ2v) is 5.03. The highest BCUT2D eigenvalue weighted by Crippen LogP contribution is 2.08. The van der Waals surface area contributed by atoms with Gasteiger partial charge in [0.1, 0.15) is 0 Å². The molecule has 0 radical (unpaired) electrons. The van der Waals surface area contributed by atoms with Crippen molar-refractivity contribution in [2.45, 2.75) is 58.3 Å². The zero-order valence-corrected chi connectivity index (χ0v) is 11.3. The molecule has 17 heavy (non-hydrogen) atoms. The summed E-state index contributed by atoms with van der Waals surface area (Å²) in [4.78, 5) is 13.7. The SMILES string of the molecule is CCCCCCCCCN1CCCNCC1=O. The maximum Gasteiger partial charge on any atom is 0.236 e. The average Bonchev–Trinajstić information content (AvgIpc) is 2.53. The Hall–Kier alpha value is -0.570. The van der Waals surface area contributed by atoms with E-state index in [4.69, 9.17) is 0 Å². The van der Waals surface area contributed by atoms with Crippen molar-refractivity contribution < 1.29 is 4.79 Å². The molecule has 0 atom stereocenters. The maximum atomic E-state index is 11.7. The first kappa shape index (κ1) is 14.5. The normalized spacial score (nSPS) is 17.2. The van der Waals surface area contributed by atoms with Gasteiger partial charge in [-0.05, 0) is 19.4 Å². The molecule has 0 unspecified atom stereocenters. The second kappa shape index (κ2) is 9.46. The second-order valence-electron chi connectivity index (χ2n) is 5.03. The van der Waals surface area contributed by atoms with Crippen LogP contribution in [-0.2, 0) is 4.79 Å². The van der Waals surface area contributed by atoms with Gasteiger partial charge in [-0.1, -0.05) is 45.4 Å². The first-order valence-electron chi connectivity index (χ1n) is 7.33. The minimum atomic E-state index is 0.286. The fourth-order valence-corrected chi connectivity index (χ4v) is 2.32. The molecule has 1 N–H and O–H groups in total. The summed E-state index contributed by atoms with van der Waals surface area (Å²) in [5.74, 6) is 0.286. The van der Waals surface area contributed by atoms with E-state index in [-0.39, 0.29) is 5.91 Å². The minimum absolute atomic E-state index is 0.286. The van der Waals surface area contributed by atoms with Gasteiger partial charge in [-0.25, -0.2) is 0 Å². The Kier molecular flexibility index (Phi) is 8.06.